The maximum Gasteiger partial charge on any atom is 0.408 e. The number of benzene rings is 3. The van der Waals surface area contributed by atoms with Gasteiger partial charge in [0.1, 0.15) is 18.7 Å². The van der Waals surface area contributed by atoms with Crippen LogP contribution in [0, 0.1) is 0 Å². The Balaban J connectivity index is 1.69. The first-order chi connectivity index (χ1) is 17.6. The number of carbonyl (C=O) groups excluding carboxylic acids is 2. The van der Waals surface area contributed by atoms with Crippen LogP contribution < -0.4 is 10.6 Å². The summed E-state index contributed by atoms with van der Waals surface area (Å²) in [6.07, 6.45) is -0.466. The molecule has 7 heteroatoms. The molecule has 0 fully saturated rings. The first-order valence-corrected chi connectivity index (χ1v) is 12.3. The minimum Gasteiger partial charge on any atom is -0.480 e. The molecule has 194 valence electrons. The van der Waals surface area contributed by atoms with Crippen LogP contribution in [-0.2, 0) is 39.2 Å². The number of carboxylic acids is 1. The number of amides is 2. The highest BCUT2D eigenvalue weighted by Gasteiger charge is 2.27. The van der Waals surface area contributed by atoms with Crippen molar-refractivity contribution in [1.29, 1.82) is 0 Å². The quantitative estimate of drug-likeness (QED) is 0.375. The first-order valence-electron chi connectivity index (χ1n) is 12.3. The Morgan fingerprint density at radius 2 is 1.24 bits per heavy atom. The second-order valence-corrected chi connectivity index (χ2v) is 10.00. The van der Waals surface area contributed by atoms with E-state index >= 15 is 0 Å². The van der Waals surface area contributed by atoms with Gasteiger partial charge in [0.25, 0.3) is 0 Å². The van der Waals surface area contributed by atoms with E-state index in [0.717, 1.165) is 22.3 Å². The fourth-order valence-corrected chi connectivity index (χ4v) is 3.82. The minimum atomic E-state index is -1.16. The Kier molecular flexibility index (Phi) is 9.44. The first kappa shape index (κ1) is 27.5. The summed E-state index contributed by atoms with van der Waals surface area (Å²) in [6.45, 7) is 6.36. The molecule has 0 saturated carbocycles. The topological polar surface area (TPSA) is 105 Å². The molecule has 0 aliphatic rings. The molecule has 2 amide bonds. The van der Waals surface area contributed by atoms with Crippen molar-refractivity contribution >= 4 is 18.0 Å². The van der Waals surface area contributed by atoms with Crippen LogP contribution in [0.5, 0.6) is 0 Å². The van der Waals surface area contributed by atoms with Crippen molar-refractivity contribution in [3.8, 4) is 0 Å². The molecule has 0 aromatic heterocycles. The zero-order valence-corrected chi connectivity index (χ0v) is 21.4. The number of nitrogens with one attached hydrogen (secondary N) is 2. The van der Waals surface area contributed by atoms with Gasteiger partial charge >= 0.3 is 12.1 Å². The van der Waals surface area contributed by atoms with E-state index in [1.807, 2.05) is 84.9 Å². The fraction of sp³-hybridized carbons (Fsp3) is 0.300. The van der Waals surface area contributed by atoms with Crippen LogP contribution in [-0.4, -0.2) is 35.2 Å². The van der Waals surface area contributed by atoms with Crippen LogP contribution in [0.25, 0.3) is 0 Å². The molecule has 0 aliphatic carbocycles. The summed E-state index contributed by atoms with van der Waals surface area (Å²) in [5.74, 6) is -1.75. The lowest BCUT2D eigenvalue weighted by Gasteiger charge is -2.22. The summed E-state index contributed by atoms with van der Waals surface area (Å²) in [5.41, 5.74) is 3.52. The smallest absolute Gasteiger partial charge is 0.408 e. The van der Waals surface area contributed by atoms with Crippen molar-refractivity contribution in [2.45, 2.75) is 57.7 Å². The summed E-state index contributed by atoms with van der Waals surface area (Å²) in [7, 11) is 0. The summed E-state index contributed by atoms with van der Waals surface area (Å²) >= 11 is 0. The second kappa shape index (κ2) is 12.7. The number of carboxylic acid groups (broad SMARTS) is 1. The van der Waals surface area contributed by atoms with E-state index in [-0.39, 0.29) is 24.9 Å². The summed E-state index contributed by atoms with van der Waals surface area (Å²) < 4.78 is 5.29. The monoisotopic (exact) mass is 502 g/mol. The van der Waals surface area contributed by atoms with Crippen LogP contribution >= 0.6 is 0 Å². The Hall–Kier alpha value is -4.13. The van der Waals surface area contributed by atoms with Gasteiger partial charge in [-0.15, -0.1) is 0 Å². The molecule has 37 heavy (non-hydrogen) atoms. The lowest BCUT2D eigenvalue weighted by atomic mass is 9.86. The third-order valence-corrected chi connectivity index (χ3v) is 5.98. The normalized spacial score (nSPS) is 12.7. The molecule has 0 aliphatic heterocycles. The molecule has 3 aromatic carbocycles. The molecule has 7 nitrogen and oxygen atoms in total. The molecule has 0 heterocycles. The van der Waals surface area contributed by atoms with Crippen molar-refractivity contribution in [2.24, 2.45) is 0 Å². The van der Waals surface area contributed by atoms with E-state index < -0.39 is 30.1 Å². The number of rotatable bonds is 10. The van der Waals surface area contributed by atoms with Gasteiger partial charge in [0.15, 0.2) is 0 Å². The van der Waals surface area contributed by atoms with Gasteiger partial charge in [-0.25, -0.2) is 9.59 Å². The number of carbonyl (C=O) groups is 3. The van der Waals surface area contributed by atoms with Crippen LogP contribution in [0.1, 0.15) is 43.0 Å². The van der Waals surface area contributed by atoms with Crippen molar-refractivity contribution in [2.75, 3.05) is 0 Å². The molecule has 3 N–H and O–H groups in total. The van der Waals surface area contributed by atoms with Crippen LogP contribution in [0.4, 0.5) is 4.79 Å². The Labute approximate surface area is 217 Å². The molecule has 0 saturated heterocycles. The third kappa shape index (κ3) is 8.79. The molecule has 0 radical (unpaired) electrons. The minimum absolute atomic E-state index is 0.0234. The van der Waals surface area contributed by atoms with Crippen LogP contribution in [0.3, 0.4) is 0 Å². The van der Waals surface area contributed by atoms with Gasteiger partial charge in [0.05, 0.1) is 0 Å². The molecule has 3 rings (SSSR count). The molecule has 0 spiro atoms. The van der Waals surface area contributed by atoms with Crippen LogP contribution in [0.15, 0.2) is 84.9 Å². The zero-order chi connectivity index (χ0) is 26.8. The van der Waals surface area contributed by atoms with E-state index in [2.05, 4.69) is 31.4 Å². The van der Waals surface area contributed by atoms with Gasteiger partial charge in [0.2, 0.25) is 5.91 Å². The number of alkyl carbamates (subject to hydrolysis) is 1. The molecular formula is C30H34N2O5. The molecule has 3 aromatic rings. The summed E-state index contributed by atoms with van der Waals surface area (Å²) in [6, 6.07) is 23.9. The van der Waals surface area contributed by atoms with Gasteiger partial charge < -0.3 is 20.5 Å². The highest BCUT2D eigenvalue weighted by atomic mass is 16.5. The average Bonchev–Trinajstić information content (AvgIpc) is 2.87. The number of aliphatic carboxylic acids is 1. The van der Waals surface area contributed by atoms with Gasteiger partial charge in [-0.3, -0.25) is 4.79 Å². The van der Waals surface area contributed by atoms with Gasteiger partial charge in [-0.05, 0) is 27.7 Å². The van der Waals surface area contributed by atoms with E-state index in [1.165, 1.54) is 0 Å². The summed E-state index contributed by atoms with van der Waals surface area (Å²) in [5, 5.41) is 15.0. The molecule has 2 atom stereocenters. The largest absolute Gasteiger partial charge is 0.480 e. The van der Waals surface area contributed by atoms with Gasteiger partial charge in [-0.1, -0.05) is 106 Å². The number of ether oxygens (including phenoxy) is 1. The average molecular weight is 503 g/mol. The van der Waals surface area contributed by atoms with Crippen LogP contribution in [0.2, 0.25) is 0 Å². The standard InChI is InChI=1S/C30H34N2O5/c1-30(2,3)24-16-14-22(15-17-24)19-26(28(34)35)31-27(33)25(18-21-10-6-4-7-11-21)32-29(36)37-20-23-12-8-5-9-13-23/h4-17,25-26H,18-20H2,1-3H3,(H,31,33)(H,32,36)(H,34,35)/t25-,26-/m0/s1. The lowest BCUT2D eigenvalue weighted by Crippen LogP contribution is -2.53. The highest BCUT2D eigenvalue weighted by Crippen LogP contribution is 2.22. The zero-order valence-electron chi connectivity index (χ0n) is 21.4. The van der Waals surface area contributed by atoms with Gasteiger partial charge in [0, 0.05) is 12.8 Å². The van der Waals surface area contributed by atoms with Crippen molar-refractivity contribution in [1.82, 2.24) is 10.6 Å². The second-order valence-electron chi connectivity index (χ2n) is 10.00. The third-order valence-electron chi connectivity index (χ3n) is 5.98. The fourth-order valence-electron chi connectivity index (χ4n) is 3.82. The summed E-state index contributed by atoms with van der Waals surface area (Å²) in [4.78, 5) is 37.7. The van der Waals surface area contributed by atoms with E-state index in [0.29, 0.717) is 0 Å². The van der Waals surface area contributed by atoms with E-state index in [9.17, 15) is 19.5 Å². The van der Waals surface area contributed by atoms with Crippen molar-refractivity contribution in [3.05, 3.63) is 107 Å². The SMILES string of the molecule is CC(C)(C)c1ccc(C[C@H](NC(=O)[C@H](Cc2ccccc2)NC(=O)OCc2ccccc2)C(=O)O)cc1. The maximum absolute atomic E-state index is 13.2. The number of hydrogen-bond acceptors (Lipinski definition) is 4. The highest BCUT2D eigenvalue weighted by molar-refractivity contribution is 5.89. The Morgan fingerprint density at radius 3 is 1.78 bits per heavy atom. The predicted octanol–water partition coefficient (Wildman–Crippen LogP) is 4.63. The van der Waals surface area contributed by atoms with Crippen molar-refractivity contribution < 1.29 is 24.2 Å². The molecular weight excluding hydrogens is 468 g/mol. The Bertz CT molecular complexity index is 1170. The van der Waals surface area contributed by atoms with Gasteiger partial charge in [-0.2, -0.15) is 0 Å². The maximum atomic E-state index is 13.2. The van der Waals surface area contributed by atoms with E-state index in [4.69, 9.17) is 4.74 Å². The lowest BCUT2D eigenvalue weighted by molar-refractivity contribution is -0.142. The van der Waals surface area contributed by atoms with E-state index in [1.54, 1.807) is 0 Å². The van der Waals surface area contributed by atoms with Crippen molar-refractivity contribution in [3.63, 3.8) is 0 Å². The number of hydrogen-bond donors (Lipinski definition) is 3. The molecule has 0 bridgehead atoms. The molecule has 0 unspecified atom stereocenters. The predicted molar refractivity (Wildman–Crippen MR) is 142 cm³/mol. The Morgan fingerprint density at radius 1 is 0.730 bits per heavy atom.